The van der Waals surface area contributed by atoms with Gasteiger partial charge in [0, 0.05) is 17.8 Å². The summed E-state index contributed by atoms with van der Waals surface area (Å²) in [6.07, 6.45) is 4.74. The Morgan fingerprint density at radius 2 is 2.00 bits per heavy atom. The van der Waals surface area contributed by atoms with Gasteiger partial charge in [-0.05, 0) is 30.3 Å². The summed E-state index contributed by atoms with van der Waals surface area (Å²) in [5.74, 6) is 0.850. The molecule has 1 aromatic carbocycles. The fourth-order valence-electron chi connectivity index (χ4n) is 2.00. The first-order chi connectivity index (χ1) is 10.2. The molecule has 3 N–H and O–H groups in total. The molecule has 0 aliphatic carbocycles. The monoisotopic (exact) mass is 298 g/mol. The maximum atomic E-state index is 7.57. The van der Waals surface area contributed by atoms with Crippen LogP contribution >= 0.6 is 11.6 Å². The first-order valence-corrected chi connectivity index (χ1v) is 6.54. The van der Waals surface area contributed by atoms with E-state index in [0.717, 1.165) is 5.39 Å². The summed E-state index contributed by atoms with van der Waals surface area (Å²) >= 11 is 6.15. The number of ether oxygens (including phenoxy) is 1. The highest BCUT2D eigenvalue weighted by atomic mass is 35.5. The number of aromatic nitrogens is 2. The number of amidine groups is 1. The third kappa shape index (κ3) is 2.51. The molecular formula is C15H11ClN4O. The molecule has 0 radical (unpaired) electrons. The minimum atomic E-state index is -0.0846. The summed E-state index contributed by atoms with van der Waals surface area (Å²) in [4.78, 5) is 8.30. The van der Waals surface area contributed by atoms with E-state index in [-0.39, 0.29) is 5.84 Å². The van der Waals surface area contributed by atoms with Crippen LogP contribution in [0.2, 0.25) is 5.02 Å². The van der Waals surface area contributed by atoms with Crippen LogP contribution in [-0.4, -0.2) is 15.8 Å². The third-order valence-corrected chi connectivity index (χ3v) is 3.30. The summed E-state index contributed by atoms with van der Waals surface area (Å²) in [5.41, 5.74) is 6.66. The van der Waals surface area contributed by atoms with Gasteiger partial charge in [0.15, 0.2) is 11.5 Å². The van der Waals surface area contributed by atoms with Crippen molar-refractivity contribution < 1.29 is 4.74 Å². The van der Waals surface area contributed by atoms with E-state index in [2.05, 4.69) is 9.97 Å². The van der Waals surface area contributed by atoms with Crippen molar-refractivity contribution in [2.75, 3.05) is 0 Å². The molecule has 0 fully saturated rings. The van der Waals surface area contributed by atoms with E-state index >= 15 is 0 Å². The van der Waals surface area contributed by atoms with E-state index in [1.165, 1.54) is 6.20 Å². The van der Waals surface area contributed by atoms with Gasteiger partial charge in [0.2, 0.25) is 0 Å². The van der Waals surface area contributed by atoms with Crippen LogP contribution < -0.4 is 10.5 Å². The quantitative estimate of drug-likeness (QED) is 0.573. The lowest BCUT2D eigenvalue weighted by molar-refractivity contribution is 0.483. The van der Waals surface area contributed by atoms with Gasteiger partial charge in [0.25, 0.3) is 0 Å². The molecule has 0 aliphatic heterocycles. The average Bonchev–Trinajstić information content (AvgIpc) is 2.51. The molecule has 5 nitrogen and oxygen atoms in total. The Morgan fingerprint density at radius 1 is 1.14 bits per heavy atom. The van der Waals surface area contributed by atoms with Gasteiger partial charge in [-0.2, -0.15) is 0 Å². The fraction of sp³-hybridized carbons (Fsp3) is 0. The molecule has 6 heteroatoms. The predicted molar refractivity (Wildman–Crippen MR) is 82.1 cm³/mol. The van der Waals surface area contributed by atoms with Crippen molar-refractivity contribution in [3.8, 4) is 11.5 Å². The van der Waals surface area contributed by atoms with Gasteiger partial charge < -0.3 is 10.5 Å². The average molecular weight is 299 g/mol. The number of hydrogen-bond donors (Lipinski definition) is 2. The predicted octanol–water partition coefficient (Wildman–Crippen LogP) is 3.36. The first-order valence-electron chi connectivity index (χ1n) is 6.16. The molecule has 0 bridgehead atoms. The maximum absolute atomic E-state index is 7.57. The van der Waals surface area contributed by atoms with Crippen molar-refractivity contribution in [3.63, 3.8) is 0 Å². The number of benzene rings is 1. The van der Waals surface area contributed by atoms with Crippen LogP contribution in [-0.2, 0) is 0 Å². The number of hydrogen-bond acceptors (Lipinski definition) is 4. The number of halogens is 1. The largest absolute Gasteiger partial charge is 0.453 e. The highest BCUT2D eigenvalue weighted by molar-refractivity contribution is 6.35. The molecule has 21 heavy (non-hydrogen) atoms. The molecule has 0 unspecified atom stereocenters. The fourth-order valence-corrected chi connectivity index (χ4v) is 2.21. The smallest absolute Gasteiger partial charge is 0.156 e. The van der Waals surface area contributed by atoms with E-state index in [0.29, 0.717) is 27.6 Å². The van der Waals surface area contributed by atoms with Crippen LogP contribution in [0.3, 0.4) is 0 Å². The Labute approximate surface area is 125 Å². The van der Waals surface area contributed by atoms with Crippen molar-refractivity contribution in [1.82, 2.24) is 9.97 Å². The minimum absolute atomic E-state index is 0.0846. The number of nitrogens with zero attached hydrogens (tertiary/aromatic N) is 2. The molecule has 2 aromatic heterocycles. The molecule has 3 rings (SSSR count). The van der Waals surface area contributed by atoms with Crippen LogP contribution in [0.25, 0.3) is 10.9 Å². The van der Waals surface area contributed by atoms with Crippen LogP contribution in [0.4, 0.5) is 0 Å². The van der Waals surface area contributed by atoms with Crippen LogP contribution in [0.1, 0.15) is 5.56 Å². The molecule has 0 atom stereocenters. The molecular weight excluding hydrogens is 288 g/mol. The number of nitrogens with one attached hydrogen (secondary N) is 1. The van der Waals surface area contributed by atoms with Gasteiger partial charge in [-0.3, -0.25) is 15.4 Å². The molecule has 0 saturated carbocycles. The molecule has 2 heterocycles. The lowest BCUT2D eigenvalue weighted by Gasteiger charge is -2.11. The van der Waals surface area contributed by atoms with E-state index < -0.39 is 0 Å². The molecule has 0 aliphatic rings. The lowest BCUT2D eigenvalue weighted by atomic mass is 10.2. The van der Waals surface area contributed by atoms with Crippen molar-refractivity contribution >= 4 is 28.3 Å². The number of rotatable bonds is 3. The third-order valence-electron chi connectivity index (χ3n) is 2.97. The molecule has 104 valence electrons. The molecule has 0 spiro atoms. The van der Waals surface area contributed by atoms with Crippen molar-refractivity contribution in [2.24, 2.45) is 5.73 Å². The van der Waals surface area contributed by atoms with Crippen LogP contribution in [0.15, 0.2) is 48.9 Å². The van der Waals surface area contributed by atoms with E-state index in [4.69, 9.17) is 27.5 Å². The minimum Gasteiger partial charge on any atom is -0.453 e. The number of nitrogen functional groups attached to an aromatic ring is 1. The summed E-state index contributed by atoms with van der Waals surface area (Å²) in [5, 5.41) is 8.97. The summed E-state index contributed by atoms with van der Waals surface area (Å²) in [6, 6.07) is 8.78. The van der Waals surface area contributed by atoms with Crippen LogP contribution in [0.5, 0.6) is 11.5 Å². The zero-order chi connectivity index (χ0) is 14.8. The standard InChI is InChI=1S/C15H11ClN4O/c16-11-3-4-12(14-9(11)2-1-6-20-14)21-13-8-19-7-5-10(13)15(17)18/h1-8H,(H3,17,18). The van der Waals surface area contributed by atoms with Gasteiger partial charge in [-0.25, -0.2) is 0 Å². The zero-order valence-electron chi connectivity index (χ0n) is 10.9. The SMILES string of the molecule is N=C(N)c1ccncc1Oc1ccc(Cl)c2cccnc12. The highest BCUT2D eigenvalue weighted by Crippen LogP contribution is 2.33. The Kier molecular flexibility index (Phi) is 3.41. The summed E-state index contributed by atoms with van der Waals surface area (Å²) in [7, 11) is 0. The van der Waals surface area contributed by atoms with Crippen molar-refractivity contribution in [1.29, 1.82) is 5.41 Å². The van der Waals surface area contributed by atoms with Gasteiger partial charge >= 0.3 is 0 Å². The maximum Gasteiger partial charge on any atom is 0.156 e. The Balaban J connectivity index is 2.11. The zero-order valence-corrected chi connectivity index (χ0v) is 11.6. The summed E-state index contributed by atoms with van der Waals surface area (Å²) < 4.78 is 5.83. The Morgan fingerprint density at radius 3 is 2.81 bits per heavy atom. The number of nitrogens with two attached hydrogens (primary N) is 1. The molecule has 3 aromatic rings. The van der Waals surface area contributed by atoms with E-state index in [9.17, 15) is 0 Å². The van der Waals surface area contributed by atoms with E-state index in [1.54, 1.807) is 30.6 Å². The lowest BCUT2D eigenvalue weighted by Crippen LogP contribution is -2.12. The second-order valence-corrected chi connectivity index (χ2v) is 4.74. The Hall–Kier alpha value is -2.66. The second kappa shape index (κ2) is 5.38. The van der Waals surface area contributed by atoms with Crippen molar-refractivity contribution in [3.05, 3.63) is 59.5 Å². The normalized spacial score (nSPS) is 10.5. The number of fused-ring (bicyclic) bond motifs is 1. The van der Waals surface area contributed by atoms with Crippen LogP contribution in [0, 0.1) is 5.41 Å². The second-order valence-electron chi connectivity index (χ2n) is 4.33. The Bertz CT molecular complexity index is 835. The van der Waals surface area contributed by atoms with Gasteiger partial charge in [-0.15, -0.1) is 0 Å². The van der Waals surface area contributed by atoms with Gasteiger partial charge in [0.05, 0.1) is 16.8 Å². The first kappa shape index (κ1) is 13.3. The topological polar surface area (TPSA) is 84.9 Å². The summed E-state index contributed by atoms with van der Waals surface area (Å²) in [6.45, 7) is 0. The molecule has 0 amide bonds. The van der Waals surface area contributed by atoms with Crippen molar-refractivity contribution in [2.45, 2.75) is 0 Å². The van der Waals surface area contributed by atoms with E-state index in [1.807, 2.05) is 12.1 Å². The highest BCUT2D eigenvalue weighted by Gasteiger charge is 2.11. The van der Waals surface area contributed by atoms with Gasteiger partial charge in [-0.1, -0.05) is 11.6 Å². The van der Waals surface area contributed by atoms with Gasteiger partial charge in [0.1, 0.15) is 11.4 Å². The number of pyridine rings is 2. The molecule has 0 saturated heterocycles.